The van der Waals surface area contributed by atoms with E-state index in [9.17, 15) is 0 Å². The topological polar surface area (TPSA) is 28.7 Å². The van der Waals surface area contributed by atoms with E-state index in [0.717, 1.165) is 22.6 Å². The summed E-state index contributed by atoms with van der Waals surface area (Å²) in [6, 6.07) is 18.9. The smallest absolute Gasteiger partial charge is 0.101 e. The summed E-state index contributed by atoms with van der Waals surface area (Å²) in [5.74, 6) is 0. The van der Waals surface area contributed by atoms with Crippen molar-refractivity contribution in [1.29, 1.82) is 5.26 Å². The number of aryl methyl sites for hydroxylation is 1. The molecule has 0 saturated heterocycles. The lowest BCUT2D eigenvalue weighted by Crippen LogP contribution is -1.99. The Labute approximate surface area is 112 Å². The highest BCUT2D eigenvalue weighted by Crippen LogP contribution is 2.23. The third-order valence-electron chi connectivity index (χ3n) is 3.54. The zero-order valence-electron chi connectivity index (χ0n) is 11.0. The van der Waals surface area contributed by atoms with E-state index in [4.69, 9.17) is 5.26 Å². The Hall–Kier alpha value is -2.53. The van der Waals surface area contributed by atoms with Gasteiger partial charge in [-0.25, -0.2) is 0 Å². The molecule has 0 aliphatic carbocycles. The lowest BCUT2D eigenvalue weighted by Gasteiger charge is -2.10. The molecule has 0 spiro atoms. The van der Waals surface area contributed by atoms with Gasteiger partial charge in [0.15, 0.2) is 0 Å². The van der Waals surface area contributed by atoms with Gasteiger partial charge in [-0.3, -0.25) is 0 Å². The van der Waals surface area contributed by atoms with E-state index in [0.29, 0.717) is 0 Å². The van der Waals surface area contributed by atoms with E-state index in [1.165, 1.54) is 10.8 Å². The van der Waals surface area contributed by atoms with Gasteiger partial charge in [0.2, 0.25) is 0 Å². The predicted molar refractivity (Wildman–Crippen MR) is 77.5 cm³/mol. The number of nitriles is 1. The van der Waals surface area contributed by atoms with Crippen LogP contribution in [0.4, 0.5) is 0 Å². The van der Waals surface area contributed by atoms with Crippen LogP contribution in [0.2, 0.25) is 0 Å². The summed E-state index contributed by atoms with van der Waals surface area (Å²) in [6.45, 7) is 4.02. The largest absolute Gasteiger partial charge is 0.317 e. The molecule has 2 nitrogen and oxygen atoms in total. The molecular formula is C17H14N2. The molecule has 0 saturated carbocycles. The summed E-state index contributed by atoms with van der Waals surface area (Å²) in [7, 11) is 0. The van der Waals surface area contributed by atoms with Crippen LogP contribution in [0.3, 0.4) is 0 Å². The molecule has 0 atom stereocenters. The van der Waals surface area contributed by atoms with E-state index in [-0.39, 0.29) is 0 Å². The van der Waals surface area contributed by atoms with Gasteiger partial charge >= 0.3 is 0 Å². The second kappa shape index (κ2) is 4.29. The van der Waals surface area contributed by atoms with Gasteiger partial charge in [-0.2, -0.15) is 5.26 Å². The van der Waals surface area contributed by atoms with Gasteiger partial charge in [0.05, 0.1) is 5.56 Å². The van der Waals surface area contributed by atoms with Crippen LogP contribution in [0, 0.1) is 25.2 Å². The Morgan fingerprint density at radius 3 is 2.37 bits per heavy atom. The zero-order chi connectivity index (χ0) is 13.4. The first kappa shape index (κ1) is 11.6. The zero-order valence-corrected chi connectivity index (χ0v) is 11.0. The number of fused-ring (bicyclic) bond motifs is 1. The van der Waals surface area contributed by atoms with E-state index in [1.54, 1.807) is 0 Å². The van der Waals surface area contributed by atoms with Crippen molar-refractivity contribution < 1.29 is 0 Å². The highest BCUT2D eigenvalue weighted by molar-refractivity contribution is 5.84. The molecule has 92 valence electrons. The van der Waals surface area contributed by atoms with Crippen molar-refractivity contribution in [3.8, 4) is 11.8 Å². The lowest BCUT2D eigenvalue weighted by atomic mass is 10.1. The predicted octanol–water partition coefficient (Wildman–Crippen LogP) is 4.12. The number of hydrogen-bond donors (Lipinski definition) is 0. The molecule has 0 aliphatic heterocycles. The Kier molecular flexibility index (Phi) is 2.61. The van der Waals surface area contributed by atoms with Crippen LogP contribution in [-0.4, -0.2) is 4.57 Å². The molecule has 0 bridgehead atoms. The van der Waals surface area contributed by atoms with E-state index in [2.05, 4.69) is 41.0 Å². The van der Waals surface area contributed by atoms with Gasteiger partial charge in [-0.1, -0.05) is 30.3 Å². The Morgan fingerprint density at radius 2 is 1.68 bits per heavy atom. The number of rotatable bonds is 1. The molecule has 1 heterocycles. The van der Waals surface area contributed by atoms with Gasteiger partial charge in [-0.05, 0) is 42.8 Å². The van der Waals surface area contributed by atoms with Gasteiger partial charge in [-0.15, -0.1) is 0 Å². The van der Waals surface area contributed by atoms with E-state index >= 15 is 0 Å². The van der Waals surface area contributed by atoms with Crippen molar-refractivity contribution in [1.82, 2.24) is 4.57 Å². The second-order valence-corrected chi connectivity index (χ2v) is 4.76. The molecule has 1 aromatic heterocycles. The van der Waals surface area contributed by atoms with Crippen LogP contribution in [0.15, 0.2) is 48.5 Å². The van der Waals surface area contributed by atoms with Crippen LogP contribution in [-0.2, 0) is 0 Å². The van der Waals surface area contributed by atoms with Crippen molar-refractivity contribution in [2.45, 2.75) is 13.8 Å². The molecule has 2 heteroatoms. The fourth-order valence-corrected chi connectivity index (χ4v) is 2.59. The highest BCUT2D eigenvalue weighted by Gasteiger charge is 2.10. The molecular weight excluding hydrogens is 232 g/mol. The number of benzene rings is 2. The molecule has 0 unspecified atom stereocenters. The maximum absolute atomic E-state index is 9.11. The minimum absolute atomic E-state index is 0.741. The van der Waals surface area contributed by atoms with Crippen LogP contribution in [0.1, 0.15) is 17.0 Å². The van der Waals surface area contributed by atoms with Crippen molar-refractivity contribution >= 4 is 10.8 Å². The van der Waals surface area contributed by atoms with E-state index < -0.39 is 0 Å². The van der Waals surface area contributed by atoms with Crippen molar-refractivity contribution in [3.05, 3.63) is 65.5 Å². The fraction of sp³-hybridized carbons (Fsp3) is 0.118. The third kappa shape index (κ3) is 1.80. The standard InChI is InChI=1S/C17H14N2/c1-12-9-16(11-18)13(2)19(12)17-8-7-14-5-3-4-6-15(14)10-17/h3-10H,1-2H3. The van der Waals surface area contributed by atoms with Crippen molar-refractivity contribution in [3.63, 3.8) is 0 Å². The molecule has 19 heavy (non-hydrogen) atoms. The molecule has 0 amide bonds. The third-order valence-corrected chi connectivity index (χ3v) is 3.54. The molecule has 3 aromatic rings. The minimum Gasteiger partial charge on any atom is -0.317 e. The SMILES string of the molecule is Cc1cc(C#N)c(C)n1-c1ccc2ccccc2c1. The number of hydrogen-bond acceptors (Lipinski definition) is 1. The van der Waals surface area contributed by atoms with E-state index in [1.807, 2.05) is 32.0 Å². The lowest BCUT2D eigenvalue weighted by molar-refractivity contribution is 0.966. The molecule has 0 aliphatic rings. The van der Waals surface area contributed by atoms with Crippen molar-refractivity contribution in [2.24, 2.45) is 0 Å². The summed E-state index contributed by atoms with van der Waals surface area (Å²) in [5.41, 5.74) is 3.93. The van der Waals surface area contributed by atoms with Gasteiger partial charge in [0.1, 0.15) is 6.07 Å². The normalized spacial score (nSPS) is 10.6. The van der Waals surface area contributed by atoms with Crippen LogP contribution in [0.25, 0.3) is 16.5 Å². The van der Waals surface area contributed by atoms with Crippen LogP contribution < -0.4 is 0 Å². The second-order valence-electron chi connectivity index (χ2n) is 4.76. The highest BCUT2D eigenvalue weighted by atomic mass is 15.0. The summed E-state index contributed by atoms with van der Waals surface area (Å²) < 4.78 is 2.13. The summed E-state index contributed by atoms with van der Waals surface area (Å²) >= 11 is 0. The maximum Gasteiger partial charge on any atom is 0.101 e. The Morgan fingerprint density at radius 1 is 0.947 bits per heavy atom. The van der Waals surface area contributed by atoms with Crippen LogP contribution in [0.5, 0.6) is 0 Å². The average molecular weight is 246 g/mol. The van der Waals surface area contributed by atoms with Gasteiger partial charge in [0, 0.05) is 17.1 Å². The molecule has 0 fully saturated rings. The van der Waals surface area contributed by atoms with Gasteiger partial charge in [0.25, 0.3) is 0 Å². The average Bonchev–Trinajstić information content (AvgIpc) is 2.73. The quantitative estimate of drug-likeness (QED) is 0.635. The Balaban J connectivity index is 2.25. The molecule has 3 rings (SSSR count). The monoisotopic (exact) mass is 246 g/mol. The van der Waals surface area contributed by atoms with Gasteiger partial charge < -0.3 is 4.57 Å². The number of nitrogens with zero attached hydrogens (tertiary/aromatic N) is 2. The van der Waals surface area contributed by atoms with Crippen LogP contribution >= 0.6 is 0 Å². The first-order valence-electron chi connectivity index (χ1n) is 6.29. The van der Waals surface area contributed by atoms with Crippen molar-refractivity contribution in [2.75, 3.05) is 0 Å². The summed E-state index contributed by atoms with van der Waals surface area (Å²) in [4.78, 5) is 0. The maximum atomic E-state index is 9.11. The summed E-state index contributed by atoms with van der Waals surface area (Å²) in [6.07, 6.45) is 0. The minimum atomic E-state index is 0.741. The molecule has 2 aromatic carbocycles. The molecule has 0 radical (unpaired) electrons. The summed E-state index contributed by atoms with van der Waals surface area (Å²) in [5, 5.41) is 11.6. The first-order valence-corrected chi connectivity index (χ1v) is 6.29. The fourth-order valence-electron chi connectivity index (χ4n) is 2.59. The number of aromatic nitrogens is 1. The Bertz CT molecular complexity index is 804. The first-order chi connectivity index (χ1) is 9.20. The molecule has 0 N–H and O–H groups in total.